The molecule has 0 spiro atoms. The molecule has 0 aromatic heterocycles. The Morgan fingerprint density at radius 2 is 1.80 bits per heavy atom. The first kappa shape index (κ1) is 22.8. The van der Waals surface area contributed by atoms with Gasteiger partial charge >= 0.3 is 5.69 Å². The molecular weight excluding hydrogens is 416 g/mol. The van der Waals surface area contributed by atoms with Gasteiger partial charge in [-0.05, 0) is 36.2 Å². The maximum atomic E-state index is 12.1. The van der Waals surface area contributed by atoms with Crippen molar-refractivity contribution in [1.29, 1.82) is 0 Å². The molecule has 2 rings (SSSR count). The molecule has 0 aliphatic carbocycles. The molecule has 0 aliphatic heterocycles. The summed E-state index contributed by atoms with van der Waals surface area (Å²) in [6, 6.07) is 9.64. The minimum Gasteiger partial charge on any atom is -0.490 e. The monoisotopic (exact) mass is 436 g/mol. The molecule has 2 amide bonds. The SMILES string of the molecule is COc1ccc(C(=O)NCC(=O)NCCc2ccc(S(N)(=O)=O)cc2)cc1[N+](=O)[O-]. The Hall–Kier alpha value is -3.51. The van der Waals surface area contributed by atoms with Crippen molar-refractivity contribution in [1.82, 2.24) is 10.6 Å². The van der Waals surface area contributed by atoms with E-state index in [2.05, 4.69) is 10.6 Å². The summed E-state index contributed by atoms with van der Waals surface area (Å²) in [6.45, 7) is -0.0551. The summed E-state index contributed by atoms with van der Waals surface area (Å²) in [5.41, 5.74) is 0.450. The zero-order valence-corrected chi connectivity index (χ0v) is 16.8. The van der Waals surface area contributed by atoms with Crippen molar-refractivity contribution >= 4 is 27.5 Å². The van der Waals surface area contributed by atoms with Gasteiger partial charge in [-0.15, -0.1) is 0 Å². The van der Waals surface area contributed by atoms with E-state index in [0.717, 1.165) is 11.6 Å². The summed E-state index contributed by atoms with van der Waals surface area (Å²) in [4.78, 5) is 34.3. The van der Waals surface area contributed by atoms with Crippen LogP contribution >= 0.6 is 0 Å². The Morgan fingerprint density at radius 3 is 2.37 bits per heavy atom. The van der Waals surface area contributed by atoms with E-state index in [1.807, 2.05) is 0 Å². The number of rotatable bonds is 9. The number of nitrogens with zero attached hydrogens (tertiary/aromatic N) is 1. The molecule has 0 unspecified atom stereocenters. The van der Waals surface area contributed by atoms with Crippen molar-refractivity contribution < 1.29 is 27.7 Å². The number of primary sulfonamides is 1. The quantitative estimate of drug-likeness (QED) is 0.376. The third-order valence-corrected chi connectivity index (χ3v) is 4.96. The van der Waals surface area contributed by atoms with Crippen LogP contribution in [0.1, 0.15) is 15.9 Å². The fraction of sp³-hybridized carbons (Fsp3) is 0.222. The Morgan fingerprint density at radius 1 is 1.13 bits per heavy atom. The van der Waals surface area contributed by atoms with Crippen LogP contribution in [0.3, 0.4) is 0 Å². The standard InChI is InChI=1S/C18H20N4O7S/c1-29-16-7-4-13(10-15(16)22(25)26)18(24)21-11-17(23)20-9-8-12-2-5-14(6-3-12)30(19,27)28/h2-7,10H,8-9,11H2,1H3,(H,20,23)(H,21,24)(H2,19,27,28). The van der Waals surface area contributed by atoms with Crippen LogP contribution < -0.4 is 20.5 Å². The van der Waals surface area contributed by atoms with Gasteiger partial charge in [0.1, 0.15) is 0 Å². The number of ether oxygens (including phenoxy) is 1. The summed E-state index contributed by atoms with van der Waals surface area (Å²) < 4.78 is 27.3. The van der Waals surface area contributed by atoms with Crippen LogP contribution in [0.25, 0.3) is 0 Å². The molecule has 12 heteroatoms. The molecule has 0 radical (unpaired) electrons. The molecule has 2 aromatic rings. The Kier molecular flexibility index (Phi) is 7.44. The number of benzene rings is 2. The Labute approximate surface area is 172 Å². The minimum atomic E-state index is -3.76. The van der Waals surface area contributed by atoms with Crippen LogP contribution in [0.2, 0.25) is 0 Å². The Bertz CT molecular complexity index is 1050. The number of carbonyl (C=O) groups is 2. The van der Waals surface area contributed by atoms with E-state index < -0.39 is 26.8 Å². The van der Waals surface area contributed by atoms with Gasteiger partial charge in [0.15, 0.2) is 5.75 Å². The fourth-order valence-corrected chi connectivity index (χ4v) is 3.01. The largest absolute Gasteiger partial charge is 0.490 e. The second kappa shape index (κ2) is 9.80. The summed E-state index contributed by atoms with van der Waals surface area (Å²) in [6.07, 6.45) is 0.440. The number of carbonyl (C=O) groups excluding carboxylic acids is 2. The van der Waals surface area contributed by atoms with Gasteiger partial charge in [0.25, 0.3) is 5.91 Å². The zero-order valence-electron chi connectivity index (χ0n) is 16.0. The maximum absolute atomic E-state index is 12.1. The number of hydrogen-bond acceptors (Lipinski definition) is 7. The topological polar surface area (TPSA) is 171 Å². The molecule has 4 N–H and O–H groups in total. The minimum absolute atomic E-state index is 0.00299. The maximum Gasteiger partial charge on any atom is 0.311 e. The summed E-state index contributed by atoms with van der Waals surface area (Å²) in [5.74, 6) is -1.08. The lowest BCUT2D eigenvalue weighted by molar-refractivity contribution is -0.385. The molecule has 30 heavy (non-hydrogen) atoms. The summed E-state index contributed by atoms with van der Waals surface area (Å²) in [7, 11) is -2.48. The molecule has 0 fully saturated rings. The highest BCUT2D eigenvalue weighted by molar-refractivity contribution is 7.89. The normalized spacial score (nSPS) is 10.9. The molecule has 0 heterocycles. The van der Waals surface area contributed by atoms with Gasteiger partial charge in [-0.1, -0.05) is 12.1 Å². The van der Waals surface area contributed by atoms with Crippen LogP contribution in [0.5, 0.6) is 5.75 Å². The lowest BCUT2D eigenvalue weighted by Crippen LogP contribution is -2.37. The van der Waals surface area contributed by atoms with Crippen LogP contribution in [0.4, 0.5) is 5.69 Å². The summed E-state index contributed by atoms with van der Waals surface area (Å²) >= 11 is 0. The molecule has 0 bridgehead atoms. The number of amides is 2. The molecule has 160 valence electrons. The highest BCUT2D eigenvalue weighted by atomic mass is 32.2. The first-order chi connectivity index (χ1) is 14.1. The van der Waals surface area contributed by atoms with Gasteiger partial charge in [-0.25, -0.2) is 13.6 Å². The van der Waals surface area contributed by atoms with Crippen molar-refractivity contribution in [2.45, 2.75) is 11.3 Å². The molecule has 2 aromatic carbocycles. The number of nitrogens with one attached hydrogen (secondary N) is 2. The number of nitrogens with two attached hydrogens (primary N) is 1. The smallest absolute Gasteiger partial charge is 0.311 e. The first-order valence-electron chi connectivity index (χ1n) is 8.61. The van der Waals surface area contributed by atoms with Crippen LogP contribution in [-0.4, -0.2) is 45.4 Å². The lowest BCUT2D eigenvalue weighted by atomic mass is 10.1. The van der Waals surface area contributed by atoms with Crippen molar-refractivity contribution in [2.75, 3.05) is 20.2 Å². The molecule has 0 atom stereocenters. The molecule has 0 aliphatic rings. The number of nitro benzene ring substituents is 1. The third-order valence-electron chi connectivity index (χ3n) is 4.03. The van der Waals surface area contributed by atoms with Gasteiger partial charge in [-0.2, -0.15) is 0 Å². The van der Waals surface area contributed by atoms with E-state index in [1.165, 1.54) is 31.4 Å². The molecular formula is C18H20N4O7S. The predicted octanol–water partition coefficient (Wildman–Crippen LogP) is 0.340. The van der Waals surface area contributed by atoms with E-state index in [9.17, 15) is 28.1 Å². The van der Waals surface area contributed by atoms with E-state index in [0.29, 0.717) is 6.42 Å². The second-order valence-corrected chi connectivity index (χ2v) is 7.68. The third kappa shape index (κ3) is 6.25. The lowest BCUT2D eigenvalue weighted by Gasteiger charge is -2.08. The van der Waals surface area contributed by atoms with E-state index in [1.54, 1.807) is 12.1 Å². The highest BCUT2D eigenvalue weighted by Crippen LogP contribution is 2.27. The van der Waals surface area contributed by atoms with Gasteiger partial charge < -0.3 is 15.4 Å². The number of methoxy groups -OCH3 is 1. The van der Waals surface area contributed by atoms with Crippen LogP contribution in [-0.2, 0) is 21.2 Å². The average Bonchev–Trinajstić information content (AvgIpc) is 2.71. The first-order valence-corrected chi connectivity index (χ1v) is 10.2. The zero-order chi connectivity index (χ0) is 22.3. The molecule has 11 nitrogen and oxygen atoms in total. The van der Waals surface area contributed by atoms with E-state index >= 15 is 0 Å². The fourth-order valence-electron chi connectivity index (χ4n) is 2.49. The average molecular weight is 436 g/mol. The highest BCUT2D eigenvalue weighted by Gasteiger charge is 2.18. The van der Waals surface area contributed by atoms with Crippen molar-refractivity contribution in [3.05, 3.63) is 63.7 Å². The van der Waals surface area contributed by atoms with E-state index in [4.69, 9.17) is 9.88 Å². The predicted molar refractivity (Wildman–Crippen MR) is 107 cm³/mol. The van der Waals surface area contributed by atoms with Gasteiger partial charge in [0, 0.05) is 18.2 Å². The van der Waals surface area contributed by atoms with Gasteiger partial charge in [0.05, 0.1) is 23.5 Å². The van der Waals surface area contributed by atoms with Crippen molar-refractivity contribution in [2.24, 2.45) is 5.14 Å². The van der Waals surface area contributed by atoms with Gasteiger partial charge in [0.2, 0.25) is 15.9 Å². The molecule has 0 saturated heterocycles. The molecule has 0 saturated carbocycles. The number of nitro groups is 1. The van der Waals surface area contributed by atoms with Gasteiger partial charge in [-0.3, -0.25) is 19.7 Å². The summed E-state index contributed by atoms with van der Waals surface area (Å²) in [5, 5.41) is 21.0. The number of sulfonamides is 1. The number of hydrogen-bond donors (Lipinski definition) is 3. The van der Waals surface area contributed by atoms with Crippen molar-refractivity contribution in [3.63, 3.8) is 0 Å². The van der Waals surface area contributed by atoms with Crippen molar-refractivity contribution in [3.8, 4) is 5.75 Å². The van der Waals surface area contributed by atoms with Crippen LogP contribution in [0, 0.1) is 10.1 Å². The van der Waals surface area contributed by atoms with Crippen LogP contribution in [0.15, 0.2) is 47.4 Å². The Balaban J connectivity index is 1.82. The van der Waals surface area contributed by atoms with E-state index in [-0.39, 0.29) is 35.0 Å². The second-order valence-electron chi connectivity index (χ2n) is 6.12.